The molecule has 0 atom stereocenters. The van der Waals surface area contributed by atoms with Gasteiger partial charge in [0.25, 0.3) is 5.22 Å². The summed E-state index contributed by atoms with van der Waals surface area (Å²) in [7, 11) is 0. The van der Waals surface area contributed by atoms with Gasteiger partial charge in [-0.3, -0.25) is 0 Å². The summed E-state index contributed by atoms with van der Waals surface area (Å²) in [6, 6.07) is 6.43. The molecule has 0 saturated heterocycles. The summed E-state index contributed by atoms with van der Waals surface area (Å²) < 4.78 is 18.4. The molecule has 1 N–H and O–H groups in total. The maximum absolute atomic E-state index is 12.9. The Kier molecular flexibility index (Phi) is 4.25. The first kappa shape index (κ1) is 13.0. The molecule has 0 aliphatic rings. The summed E-state index contributed by atoms with van der Waals surface area (Å²) in [5.41, 5.74) is 1.71. The Morgan fingerprint density at radius 2 is 2.22 bits per heavy atom. The summed E-state index contributed by atoms with van der Waals surface area (Å²) in [4.78, 5) is 4.28. The molecule has 0 bridgehead atoms. The van der Waals surface area contributed by atoms with Crippen LogP contribution in [-0.2, 0) is 0 Å². The number of thioether (sulfide) groups is 1. The highest BCUT2D eigenvalue weighted by atomic mass is 32.2. The van der Waals surface area contributed by atoms with Gasteiger partial charge in [-0.05, 0) is 32.0 Å². The zero-order chi connectivity index (χ0) is 13.0. The van der Waals surface area contributed by atoms with Gasteiger partial charge in [0.15, 0.2) is 0 Å². The van der Waals surface area contributed by atoms with Crippen LogP contribution in [0.2, 0.25) is 0 Å². The largest absolute Gasteiger partial charge is 0.437 e. The highest BCUT2D eigenvalue weighted by molar-refractivity contribution is 7.99. The molecule has 0 saturated carbocycles. The van der Waals surface area contributed by atoms with Crippen LogP contribution in [0.25, 0.3) is 0 Å². The molecule has 18 heavy (non-hydrogen) atoms. The minimum Gasteiger partial charge on any atom is -0.437 e. The molecule has 0 unspecified atom stereocenters. The summed E-state index contributed by atoms with van der Waals surface area (Å²) >= 11 is 1.54. The molecule has 96 valence electrons. The zero-order valence-electron chi connectivity index (χ0n) is 10.4. The van der Waals surface area contributed by atoms with Crippen molar-refractivity contribution in [3.63, 3.8) is 0 Å². The number of benzene rings is 1. The average molecular weight is 266 g/mol. The van der Waals surface area contributed by atoms with Gasteiger partial charge < -0.3 is 9.73 Å². The molecule has 1 aromatic heterocycles. The molecule has 1 aromatic carbocycles. The second-order valence-corrected chi connectivity index (χ2v) is 4.95. The second kappa shape index (κ2) is 5.91. The summed E-state index contributed by atoms with van der Waals surface area (Å²) in [5, 5.41) is 3.83. The van der Waals surface area contributed by atoms with Gasteiger partial charge >= 0.3 is 0 Å². The van der Waals surface area contributed by atoms with Crippen molar-refractivity contribution >= 4 is 17.4 Å². The lowest BCUT2D eigenvalue weighted by atomic mass is 10.3. The van der Waals surface area contributed by atoms with Gasteiger partial charge in [-0.25, -0.2) is 9.37 Å². The molecule has 0 fully saturated rings. The number of hydrogen-bond donors (Lipinski definition) is 1. The SMILES string of the molecule is Cc1nc(SCCNc2cccc(F)c2)oc1C. The molecule has 0 amide bonds. The Morgan fingerprint density at radius 3 is 2.89 bits per heavy atom. The Bertz CT molecular complexity index is 508. The van der Waals surface area contributed by atoms with Gasteiger partial charge in [-0.2, -0.15) is 0 Å². The van der Waals surface area contributed by atoms with E-state index in [1.807, 2.05) is 19.9 Å². The van der Waals surface area contributed by atoms with Crippen molar-refractivity contribution in [2.24, 2.45) is 0 Å². The van der Waals surface area contributed by atoms with E-state index in [0.29, 0.717) is 5.22 Å². The topological polar surface area (TPSA) is 38.1 Å². The van der Waals surface area contributed by atoms with Crippen molar-refractivity contribution in [1.82, 2.24) is 4.98 Å². The van der Waals surface area contributed by atoms with E-state index >= 15 is 0 Å². The van der Waals surface area contributed by atoms with Crippen molar-refractivity contribution in [1.29, 1.82) is 0 Å². The van der Waals surface area contributed by atoms with E-state index in [4.69, 9.17) is 4.42 Å². The highest BCUT2D eigenvalue weighted by Gasteiger charge is 2.05. The van der Waals surface area contributed by atoms with Gasteiger partial charge in [0.2, 0.25) is 0 Å². The Balaban J connectivity index is 1.76. The number of rotatable bonds is 5. The van der Waals surface area contributed by atoms with E-state index in [1.165, 1.54) is 12.1 Å². The smallest absolute Gasteiger partial charge is 0.256 e. The minimum atomic E-state index is -0.230. The van der Waals surface area contributed by atoms with Crippen LogP contribution in [0.1, 0.15) is 11.5 Å². The van der Waals surface area contributed by atoms with E-state index < -0.39 is 0 Å². The first-order chi connectivity index (χ1) is 8.65. The number of halogens is 1. The van der Waals surface area contributed by atoms with Crippen LogP contribution in [-0.4, -0.2) is 17.3 Å². The van der Waals surface area contributed by atoms with Crippen LogP contribution < -0.4 is 5.32 Å². The van der Waals surface area contributed by atoms with Crippen LogP contribution in [0.5, 0.6) is 0 Å². The molecular formula is C13H15FN2OS. The third kappa shape index (κ3) is 3.50. The number of aryl methyl sites for hydroxylation is 2. The Hall–Kier alpha value is -1.49. The third-order valence-electron chi connectivity index (χ3n) is 2.49. The monoisotopic (exact) mass is 266 g/mol. The third-order valence-corrected chi connectivity index (χ3v) is 3.32. The van der Waals surface area contributed by atoms with E-state index in [9.17, 15) is 4.39 Å². The van der Waals surface area contributed by atoms with E-state index in [0.717, 1.165) is 29.4 Å². The fourth-order valence-electron chi connectivity index (χ4n) is 1.44. The molecule has 3 nitrogen and oxygen atoms in total. The van der Waals surface area contributed by atoms with E-state index in [2.05, 4.69) is 10.3 Å². The van der Waals surface area contributed by atoms with Crippen LogP contribution >= 0.6 is 11.8 Å². The van der Waals surface area contributed by atoms with E-state index in [-0.39, 0.29) is 5.82 Å². The summed E-state index contributed by atoms with van der Waals surface area (Å²) in [5.74, 6) is 1.44. The Morgan fingerprint density at radius 1 is 1.39 bits per heavy atom. The lowest BCUT2D eigenvalue weighted by Crippen LogP contribution is -2.03. The number of nitrogens with one attached hydrogen (secondary N) is 1. The number of aromatic nitrogens is 1. The molecule has 0 spiro atoms. The predicted octanol–water partition coefficient (Wildman–Crippen LogP) is 3.63. The number of anilines is 1. The first-order valence-corrected chi connectivity index (χ1v) is 6.70. The van der Waals surface area contributed by atoms with Crippen LogP contribution in [0.4, 0.5) is 10.1 Å². The average Bonchev–Trinajstić information content (AvgIpc) is 2.65. The number of oxazole rings is 1. The molecule has 1 heterocycles. The first-order valence-electron chi connectivity index (χ1n) is 5.71. The second-order valence-electron chi connectivity index (χ2n) is 3.91. The highest BCUT2D eigenvalue weighted by Crippen LogP contribution is 2.20. The minimum absolute atomic E-state index is 0.230. The van der Waals surface area contributed by atoms with Crippen molar-refractivity contribution in [2.75, 3.05) is 17.6 Å². The van der Waals surface area contributed by atoms with Crippen molar-refractivity contribution in [3.8, 4) is 0 Å². The molecule has 0 radical (unpaired) electrons. The van der Waals surface area contributed by atoms with E-state index in [1.54, 1.807) is 17.8 Å². The quantitative estimate of drug-likeness (QED) is 0.662. The molecule has 5 heteroatoms. The van der Waals surface area contributed by atoms with Crippen molar-refractivity contribution in [3.05, 3.63) is 41.5 Å². The fourth-order valence-corrected chi connectivity index (χ4v) is 2.20. The standard InChI is InChI=1S/C13H15FN2OS/c1-9-10(2)17-13(16-9)18-7-6-15-12-5-3-4-11(14)8-12/h3-5,8,15H,6-7H2,1-2H3. The summed E-state index contributed by atoms with van der Waals surface area (Å²) in [6.07, 6.45) is 0. The molecule has 0 aliphatic carbocycles. The van der Waals surface area contributed by atoms with Gasteiger partial charge in [0.1, 0.15) is 11.6 Å². The number of nitrogens with zero attached hydrogens (tertiary/aromatic N) is 1. The molecule has 2 aromatic rings. The van der Waals surface area contributed by atoms with Crippen molar-refractivity contribution in [2.45, 2.75) is 19.1 Å². The van der Waals surface area contributed by atoms with Gasteiger partial charge in [-0.15, -0.1) is 0 Å². The normalized spacial score (nSPS) is 10.6. The van der Waals surface area contributed by atoms with Gasteiger partial charge in [0, 0.05) is 18.0 Å². The number of hydrogen-bond acceptors (Lipinski definition) is 4. The lowest BCUT2D eigenvalue weighted by molar-refractivity contribution is 0.431. The predicted molar refractivity (Wildman–Crippen MR) is 71.6 cm³/mol. The lowest BCUT2D eigenvalue weighted by Gasteiger charge is -2.04. The van der Waals surface area contributed by atoms with Crippen LogP contribution in [0.15, 0.2) is 33.9 Å². The van der Waals surface area contributed by atoms with Crippen LogP contribution in [0.3, 0.4) is 0 Å². The maximum atomic E-state index is 12.9. The molecule has 2 rings (SSSR count). The molecule has 0 aliphatic heterocycles. The summed E-state index contributed by atoms with van der Waals surface area (Å²) in [6.45, 7) is 4.56. The zero-order valence-corrected chi connectivity index (χ0v) is 11.2. The Labute approximate surface area is 110 Å². The van der Waals surface area contributed by atoms with Gasteiger partial charge in [-0.1, -0.05) is 17.8 Å². The molecular weight excluding hydrogens is 251 g/mol. The maximum Gasteiger partial charge on any atom is 0.256 e. The van der Waals surface area contributed by atoms with Crippen molar-refractivity contribution < 1.29 is 8.81 Å². The van der Waals surface area contributed by atoms with Gasteiger partial charge in [0.05, 0.1) is 5.69 Å². The van der Waals surface area contributed by atoms with Crippen LogP contribution in [0, 0.1) is 19.7 Å². The fraction of sp³-hybridized carbons (Fsp3) is 0.308.